The van der Waals surface area contributed by atoms with E-state index in [1.165, 1.54) is 0 Å². The number of benzene rings is 3. The van der Waals surface area contributed by atoms with E-state index in [1.807, 2.05) is 50.2 Å². The fraction of sp³-hybridized carbons (Fsp3) is 0.250. The highest BCUT2D eigenvalue weighted by Gasteiger charge is 2.15. The first-order valence-electron chi connectivity index (χ1n) is 12.0. The summed E-state index contributed by atoms with van der Waals surface area (Å²) in [5.74, 6) is -0.212. The van der Waals surface area contributed by atoms with Crippen molar-refractivity contribution in [2.45, 2.75) is 27.0 Å². The number of carbonyl (C=O) groups is 1. The zero-order valence-corrected chi connectivity index (χ0v) is 20.8. The second kappa shape index (κ2) is 11.6. The number of nitrogens with zero attached hydrogens (tertiary/aromatic N) is 2. The third-order valence-electron chi connectivity index (χ3n) is 6.03. The van der Waals surface area contributed by atoms with Gasteiger partial charge in [-0.05, 0) is 72.0 Å². The Morgan fingerprint density at radius 3 is 2.49 bits per heavy atom. The molecule has 1 heterocycles. The third kappa shape index (κ3) is 6.25. The molecule has 0 fully saturated rings. The third-order valence-corrected chi connectivity index (χ3v) is 6.03. The average molecular weight is 504 g/mol. The van der Waals surface area contributed by atoms with Crippen LogP contribution in [0.2, 0.25) is 0 Å². The summed E-state index contributed by atoms with van der Waals surface area (Å²) in [6.45, 7) is 5.16. The number of amides is 1. The molecule has 4 rings (SSSR count). The van der Waals surface area contributed by atoms with Gasteiger partial charge in [-0.3, -0.25) is 4.79 Å². The van der Waals surface area contributed by atoms with E-state index in [1.54, 1.807) is 29.2 Å². The number of H-pyrrole nitrogens is 1. The molecule has 0 bridgehead atoms. The molecule has 37 heavy (non-hydrogen) atoms. The summed E-state index contributed by atoms with van der Waals surface area (Å²) >= 11 is 0. The number of hydrogen-bond acceptors (Lipinski definition) is 6. The Morgan fingerprint density at radius 2 is 1.84 bits per heavy atom. The minimum atomic E-state index is -0.784. The van der Waals surface area contributed by atoms with Crippen LogP contribution in [0.15, 0.2) is 80.8 Å². The molecule has 0 spiro atoms. The number of aliphatic hydroxyl groups is 1. The smallest absolute Gasteiger partial charge is 0.440 e. The monoisotopic (exact) mass is 503 g/mol. The van der Waals surface area contributed by atoms with Crippen molar-refractivity contribution in [1.82, 2.24) is 14.6 Å². The topological polar surface area (TPSA) is 118 Å². The van der Waals surface area contributed by atoms with Crippen LogP contribution in [-0.2, 0) is 13.2 Å². The van der Waals surface area contributed by atoms with Gasteiger partial charge in [-0.2, -0.15) is 0 Å². The van der Waals surface area contributed by atoms with Gasteiger partial charge in [0.1, 0.15) is 12.4 Å². The largest absolute Gasteiger partial charge is 0.489 e. The number of ether oxygens (including phenoxy) is 1. The Bertz CT molecular complexity index is 1480. The summed E-state index contributed by atoms with van der Waals surface area (Å²) in [6.07, 6.45) is 0. The molecule has 0 saturated heterocycles. The Labute approximate surface area is 213 Å². The predicted molar refractivity (Wildman–Crippen MR) is 139 cm³/mol. The summed E-state index contributed by atoms with van der Waals surface area (Å²) in [4.78, 5) is 39.1. The van der Waals surface area contributed by atoms with Crippen molar-refractivity contribution in [2.75, 3.05) is 19.7 Å². The molecule has 0 aliphatic rings. The lowest BCUT2D eigenvalue weighted by Crippen LogP contribution is -2.33. The minimum absolute atomic E-state index is 0.0654. The molecule has 192 valence electrons. The van der Waals surface area contributed by atoms with E-state index in [4.69, 9.17) is 9.26 Å². The van der Waals surface area contributed by atoms with Crippen molar-refractivity contribution in [1.29, 1.82) is 0 Å². The Hall–Kier alpha value is -4.37. The molecule has 9 heteroatoms. The van der Waals surface area contributed by atoms with Crippen LogP contribution in [-0.4, -0.2) is 45.3 Å². The van der Waals surface area contributed by atoms with Gasteiger partial charge in [0.15, 0.2) is 0 Å². The lowest BCUT2D eigenvalue weighted by Gasteiger charge is -2.20. The fourth-order valence-corrected chi connectivity index (χ4v) is 4.10. The first-order chi connectivity index (χ1) is 17.9. The molecule has 0 aliphatic carbocycles. The normalized spacial score (nSPS) is 10.9. The number of carbonyl (C=O) groups excluding carboxylic acids is 1. The number of aromatic nitrogens is 2. The van der Waals surface area contributed by atoms with Gasteiger partial charge in [-0.25, -0.2) is 14.6 Å². The second-order valence-electron chi connectivity index (χ2n) is 8.62. The zero-order valence-electron chi connectivity index (χ0n) is 20.8. The van der Waals surface area contributed by atoms with Gasteiger partial charge in [0.05, 0.1) is 13.2 Å². The van der Waals surface area contributed by atoms with Crippen molar-refractivity contribution in [3.05, 3.63) is 110 Å². The van der Waals surface area contributed by atoms with E-state index >= 15 is 0 Å². The highest BCUT2D eigenvalue weighted by atomic mass is 16.5. The molecule has 1 amide bonds. The van der Waals surface area contributed by atoms with E-state index < -0.39 is 11.4 Å². The molecule has 3 aromatic carbocycles. The fourth-order valence-electron chi connectivity index (χ4n) is 4.10. The zero-order chi connectivity index (χ0) is 26.4. The van der Waals surface area contributed by atoms with Gasteiger partial charge in [-0.15, -0.1) is 4.74 Å². The van der Waals surface area contributed by atoms with Gasteiger partial charge in [0.25, 0.3) is 5.91 Å². The van der Waals surface area contributed by atoms with Crippen LogP contribution in [0.1, 0.15) is 34.0 Å². The summed E-state index contributed by atoms with van der Waals surface area (Å²) in [5.41, 5.74) is 4.82. The van der Waals surface area contributed by atoms with Crippen LogP contribution in [0.5, 0.6) is 5.75 Å². The predicted octanol–water partition coefficient (Wildman–Crippen LogP) is 3.19. The van der Waals surface area contributed by atoms with E-state index in [0.29, 0.717) is 31.0 Å². The van der Waals surface area contributed by atoms with Crippen molar-refractivity contribution < 1.29 is 19.2 Å². The minimum Gasteiger partial charge on any atom is -0.489 e. The number of hydrogen-bond donors (Lipinski definition) is 2. The molecule has 0 aliphatic heterocycles. The van der Waals surface area contributed by atoms with Gasteiger partial charge in [0.2, 0.25) is 0 Å². The van der Waals surface area contributed by atoms with Crippen molar-refractivity contribution in [3.8, 4) is 16.9 Å². The lowest BCUT2D eigenvalue weighted by molar-refractivity contribution is 0.0732. The lowest BCUT2D eigenvalue weighted by atomic mass is 9.97. The van der Waals surface area contributed by atoms with Crippen molar-refractivity contribution in [2.24, 2.45) is 0 Å². The van der Waals surface area contributed by atoms with Crippen LogP contribution in [0.4, 0.5) is 0 Å². The van der Waals surface area contributed by atoms with Crippen molar-refractivity contribution >= 4 is 5.91 Å². The number of aryl methyl sites for hydroxylation is 1. The van der Waals surface area contributed by atoms with Gasteiger partial charge < -0.3 is 19.3 Å². The first kappa shape index (κ1) is 25.7. The Morgan fingerprint density at radius 1 is 1.05 bits per heavy atom. The van der Waals surface area contributed by atoms with Crippen LogP contribution in [0.3, 0.4) is 0 Å². The maximum Gasteiger partial charge on any atom is 0.440 e. The SMILES string of the molecule is CCN(CCO)C(=O)c1ccc(-c2cccc(COc3ccc(Cn4oc(=O)[nH]c4=O)cc3)c2)c(C)c1. The second-order valence-corrected chi connectivity index (χ2v) is 8.62. The molecule has 0 atom stereocenters. The molecule has 1 aromatic heterocycles. The quantitative estimate of drug-likeness (QED) is 0.343. The molecule has 9 nitrogen and oxygen atoms in total. The Kier molecular flexibility index (Phi) is 8.05. The van der Waals surface area contributed by atoms with Crippen LogP contribution >= 0.6 is 0 Å². The summed E-state index contributed by atoms with van der Waals surface area (Å²) in [6, 6.07) is 20.9. The molecule has 0 unspecified atom stereocenters. The molecular weight excluding hydrogens is 474 g/mol. The van der Waals surface area contributed by atoms with Crippen LogP contribution < -0.4 is 16.2 Å². The van der Waals surface area contributed by atoms with Gasteiger partial charge >= 0.3 is 11.4 Å². The maximum atomic E-state index is 12.7. The molecule has 0 saturated carbocycles. The standard InChI is InChI=1S/C28H29N3O6/c1-3-30(13-14-32)26(33)23-9-12-25(19(2)15-23)22-6-4-5-21(16-22)18-36-24-10-7-20(8-11-24)17-31-27(34)29-28(35)37-31/h4-12,15-16,32H,3,13-14,17-18H2,1-2H3,(H,29,34,35). The van der Waals surface area contributed by atoms with E-state index in [2.05, 4.69) is 11.1 Å². The highest BCUT2D eigenvalue weighted by Crippen LogP contribution is 2.26. The number of aliphatic hydroxyl groups excluding tert-OH is 1. The molecule has 0 radical (unpaired) electrons. The van der Waals surface area contributed by atoms with E-state index in [0.717, 1.165) is 32.6 Å². The molecule has 2 N–H and O–H groups in total. The maximum absolute atomic E-state index is 12.7. The highest BCUT2D eigenvalue weighted by molar-refractivity contribution is 5.95. The van der Waals surface area contributed by atoms with Gasteiger partial charge in [0, 0.05) is 18.7 Å². The van der Waals surface area contributed by atoms with E-state index in [-0.39, 0.29) is 19.1 Å². The Balaban J connectivity index is 1.42. The number of rotatable bonds is 10. The van der Waals surface area contributed by atoms with Crippen LogP contribution in [0, 0.1) is 6.92 Å². The first-order valence-corrected chi connectivity index (χ1v) is 12.0. The summed E-state index contributed by atoms with van der Waals surface area (Å²) < 4.78 is 11.7. The van der Waals surface area contributed by atoms with Crippen molar-refractivity contribution in [3.63, 3.8) is 0 Å². The van der Waals surface area contributed by atoms with Crippen LogP contribution in [0.25, 0.3) is 11.1 Å². The number of nitrogens with one attached hydrogen (secondary N) is 1. The molecule has 4 aromatic rings. The summed E-state index contributed by atoms with van der Waals surface area (Å²) in [5, 5.41) is 9.20. The van der Waals surface area contributed by atoms with E-state index in [9.17, 15) is 19.5 Å². The number of likely N-dealkylation sites (N-methyl/N-ethyl adjacent to an activating group) is 1. The summed E-state index contributed by atoms with van der Waals surface area (Å²) in [7, 11) is 0. The average Bonchev–Trinajstić information content (AvgIpc) is 3.22. The number of aromatic amines is 1. The molecular formula is C28H29N3O6. The van der Waals surface area contributed by atoms with Gasteiger partial charge in [-0.1, -0.05) is 36.4 Å².